The van der Waals surface area contributed by atoms with Crippen LogP contribution >= 0.6 is 11.3 Å². The average molecular weight is 347 g/mol. The molecule has 2 aromatic rings. The Bertz CT molecular complexity index is 707. The largest absolute Gasteiger partial charge is 0.352 e. The van der Waals surface area contributed by atoms with E-state index in [1.807, 2.05) is 24.4 Å². The molecular formula is C18H25N3O2S. The maximum absolute atomic E-state index is 12.2. The summed E-state index contributed by atoms with van der Waals surface area (Å²) in [5, 5.41) is 9.20. The third-order valence-electron chi connectivity index (χ3n) is 3.76. The second-order valence-electron chi connectivity index (χ2n) is 6.49. The molecule has 0 aliphatic carbocycles. The van der Waals surface area contributed by atoms with Crippen LogP contribution in [0.3, 0.4) is 0 Å². The molecule has 0 radical (unpaired) electrons. The molecule has 0 aliphatic rings. The number of carbonyl (C=O) groups excluding carboxylic acids is 1. The van der Waals surface area contributed by atoms with Crippen LogP contribution in [0.15, 0.2) is 34.4 Å². The second kappa shape index (κ2) is 8.78. The van der Waals surface area contributed by atoms with Crippen molar-refractivity contribution in [1.29, 1.82) is 0 Å². The van der Waals surface area contributed by atoms with Gasteiger partial charge in [0.05, 0.1) is 4.88 Å². The second-order valence-corrected chi connectivity index (χ2v) is 7.43. The molecule has 0 bridgehead atoms. The SMILES string of the molecule is CC(C)CCCC(C)NC(=O)Cn1nc(-c2cccs2)ccc1=O. The summed E-state index contributed by atoms with van der Waals surface area (Å²) in [6, 6.07) is 7.13. The van der Waals surface area contributed by atoms with Crippen molar-refractivity contribution in [1.82, 2.24) is 15.1 Å². The molecule has 0 spiro atoms. The highest BCUT2D eigenvalue weighted by atomic mass is 32.1. The number of aromatic nitrogens is 2. The van der Waals surface area contributed by atoms with Gasteiger partial charge in [0.1, 0.15) is 12.2 Å². The monoisotopic (exact) mass is 347 g/mol. The van der Waals surface area contributed by atoms with Crippen LogP contribution in [0.2, 0.25) is 0 Å². The quantitative estimate of drug-likeness (QED) is 0.797. The molecule has 1 atom stereocenters. The zero-order valence-corrected chi connectivity index (χ0v) is 15.3. The van der Waals surface area contributed by atoms with Gasteiger partial charge in [-0.25, -0.2) is 4.68 Å². The predicted octanol–water partition coefficient (Wildman–Crippen LogP) is 3.30. The van der Waals surface area contributed by atoms with Crippen LogP contribution in [0.1, 0.15) is 40.0 Å². The number of amides is 1. The molecule has 2 heterocycles. The first-order valence-electron chi connectivity index (χ1n) is 8.37. The summed E-state index contributed by atoms with van der Waals surface area (Å²) < 4.78 is 1.23. The number of nitrogens with one attached hydrogen (secondary N) is 1. The van der Waals surface area contributed by atoms with Crippen LogP contribution in [0.4, 0.5) is 0 Å². The first kappa shape index (κ1) is 18.4. The fraction of sp³-hybridized carbons (Fsp3) is 0.500. The Kier molecular flexibility index (Phi) is 6.73. The summed E-state index contributed by atoms with van der Waals surface area (Å²) in [4.78, 5) is 25.1. The van der Waals surface area contributed by atoms with Gasteiger partial charge in [-0.3, -0.25) is 9.59 Å². The van der Waals surface area contributed by atoms with Crippen molar-refractivity contribution in [3.63, 3.8) is 0 Å². The predicted molar refractivity (Wildman–Crippen MR) is 98.1 cm³/mol. The maximum atomic E-state index is 12.2. The highest BCUT2D eigenvalue weighted by molar-refractivity contribution is 7.13. The van der Waals surface area contributed by atoms with E-state index in [0.29, 0.717) is 11.6 Å². The van der Waals surface area contributed by atoms with Gasteiger partial charge in [-0.1, -0.05) is 32.8 Å². The van der Waals surface area contributed by atoms with Gasteiger partial charge in [-0.05, 0) is 36.8 Å². The Hall–Kier alpha value is -1.95. The molecule has 1 N–H and O–H groups in total. The third-order valence-corrected chi connectivity index (χ3v) is 4.65. The molecule has 0 saturated carbocycles. The standard InChI is InChI=1S/C18H25N3O2S/c1-13(2)6-4-7-14(3)19-17(22)12-21-18(23)10-9-15(20-21)16-8-5-11-24-16/h5,8-11,13-14H,4,6-7,12H2,1-3H3,(H,19,22). The van der Waals surface area contributed by atoms with E-state index in [-0.39, 0.29) is 24.1 Å². The molecule has 24 heavy (non-hydrogen) atoms. The van der Waals surface area contributed by atoms with Crippen molar-refractivity contribution in [2.75, 3.05) is 0 Å². The number of carbonyl (C=O) groups is 1. The minimum Gasteiger partial charge on any atom is -0.352 e. The van der Waals surface area contributed by atoms with Gasteiger partial charge in [-0.2, -0.15) is 5.10 Å². The van der Waals surface area contributed by atoms with E-state index in [2.05, 4.69) is 24.3 Å². The number of nitrogens with zero attached hydrogens (tertiary/aromatic N) is 2. The van der Waals surface area contributed by atoms with E-state index in [4.69, 9.17) is 0 Å². The topological polar surface area (TPSA) is 64.0 Å². The molecule has 5 nitrogen and oxygen atoms in total. The number of hydrogen-bond acceptors (Lipinski definition) is 4. The Labute approximate surface area is 146 Å². The van der Waals surface area contributed by atoms with Crippen LogP contribution in [-0.2, 0) is 11.3 Å². The van der Waals surface area contributed by atoms with E-state index in [1.54, 1.807) is 17.4 Å². The number of thiophene rings is 1. The van der Waals surface area contributed by atoms with Gasteiger partial charge in [-0.15, -0.1) is 11.3 Å². The molecule has 0 aromatic carbocycles. The Balaban J connectivity index is 1.94. The molecule has 2 rings (SSSR count). The highest BCUT2D eigenvalue weighted by Gasteiger charge is 2.11. The molecule has 0 fully saturated rings. The van der Waals surface area contributed by atoms with Crippen LogP contribution in [0.25, 0.3) is 10.6 Å². The zero-order valence-electron chi connectivity index (χ0n) is 14.5. The third kappa shape index (κ3) is 5.60. The summed E-state index contributed by atoms with van der Waals surface area (Å²) in [6.45, 7) is 6.34. The van der Waals surface area contributed by atoms with Crippen LogP contribution in [0.5, 0.6) is 0 Å². The molecule has 0 saturated heterocycles. The van der Waals surface area contributed by atoms with Gasteiger partial charge in [0.2, 0.25) is 5.91 Å². The molecule has 1 amide bonds. The lowest BCUT2D eigenvalue weighted by atomic mass is 10.0. The summed E-state index contributed by atoms with van der Waals surface area (Å²) in [6.07, 6.45) is 3.19. The van der Waals surface area contributed by atoms with E-state index < -0.39 is 0 Å². The van der Waals surface area contributed by atoms with Crippen LogP contribution in [0, 0.1) is 5.92 Å². The lowest BCUT2D eigenvalue weighted by Gasteiger charge is -2.15. The van der Waals surface area contributed by atoms with Gasteiger partial charge in [0.25, 0.3) is 5.56 Å². The van der Waals surface area contributed by atoms with Crippen molar-refractivity contribution in [3.05, 3.63) is 40.0 Å². The fourth-order valence-corrected chi connectivity index (χ4v) is 3.17. The van der Waals surface area contributed by atoms with Gasteiger partial charge < -0.3 is 5.32 Å². The van der Waals surface area contributed by atoms with E-state index in [1.165, 1.54) is 10.7 Å². The summed E-state index contributed by atoms with van der Waals surface area (Å²) in [5.74, 6) is 0.501. The molecule has 2 aromatic heterocycles. The van der Waals surface area contributed by atoms with Crippen molar-refractivity contribution >= 4 is 17.2 Å². The maximum Gasteiger partial charge on any atom is 0.267 e. The molecule has 1 unspecified atom stereocenters. The van der Waals surface area contributed by atoms with Crippen molar-refractivity contribution in [3.8, 4) is 10.6 Å². The minimum atomic E-state index is -0.266. The Morgan fingerprint density at radius 3 is 2.71 bits per heavy atom. The normalized spacial score (nSPS) is 12.3. The molecule has 130 valence electrons. The van der Waals surface area contributed by atoms with Gasteiger partial charge >= 0.3 is 0 Å². The zero-order chi connectivity index (χ0) is 17.5. The average Bonchev–Trinajstić information content (AvgIpc) is 3.03. The Morgan fingerprint density at radius 2 is 2.04 bits per heavy atom. The summed E-state index contributed by atoms with van der Waals surface area (Å²) >= 11 is 1.55. The number of rotatable bonds is 8. The summed E-state index contributed by atoms with van der Waals surface area (Å²) in [5.41, 5.74) is 0.445. The van der Waals surface area contributed by atoms with Crippen molar-refractivity contribution in [2.24, 2.45) is 5.92 Å². The van der Waals surface area contributed by atoms with Crippen molar-refractivity contribution in [2.45, 2.75) is 52.6 Å². The van der Waals surface area contributed by atoms with Crippen LogP contribution < -0.4 is 10.9 Å². The van der Waals surface area contributed by atoms with Gasteiger partial charge in [0, 0.05) is 12.1 Å². The van der Waals surface area contributed by atoms with E-state index >= 15 is 0 Å². The molecule has 0 aliphatic heterocycles. The molecular weight excluding hydrogens is 322 g/mol. The van der Waals surface area contributed by atoms with Crippen molar-refractivity contribution < 1.29 is 4.79 Å². The van der Waals surface area contributed by atoms with E-state index in [0.717, 1.165) is 24.1 Å². The van der Waals surface area contributed by atoms with Crippen LogP contribution in [-0.4, -0.2) is 21.7 Å². The lowest BCUT2D eigenvalue weighted by molar-refractivity contribution is -0.122. The first-order chi connectivity index (χ1) is 11.5. The number of hydrogen-bond donors (Lipinski definition) is 1. The lowest BCUT2D eigenvalue weighted by Crippen LogP contribution is -2.38. The van der Waals surface area contributed by atoms with Gasteiger partial charge in [0.15, 0.2) is 0 Å². The highest BCUT2D eigenvalue weighted by Crippen LogP contribution is 2.21. The molecule has 6 heteroatoms. The minimum absolute atomic E-state index is 0.0490. The fourth-order valence-electron chi connectivity index (χ4n) is 2.48. The first-order valence-corrected chi connectivity index (χ1v) is 9.25. The Morgan fingerprint density at radius 1 is 1.25 bits per heavy atom. The summed E-state index contributed by atoms with van der Waals surface area (Å²) in [7, 11) is 0. The smallest absolute Gasteiger partial charge is 0.267 e. The van der Waals surface area contributed by atoms with E-state index in [9.17, 15) is 9.59 Å².